The zero-order valence-corrected chi connectivity index (χ0v) is 63.9. The number of nitrogens with zero attached hydrogens (tertiary/aromatic N) is 10. The molecule has 5 amide bonds. The SMILES string of the molecule is [C-]#[N+]c1ccc(N2C(=O)O[C@H](C)[C@@H]2C(C)O[Si](C)(C)C)c(C)c1Cl.[C-]#[N+]c1ccc(N2C(=O)O[C@H](C)[C@@H]2CO)c(C)c1Cl.[C-]#[N+]c1ccc(N2C(=O)O[C@H](C)[C@@H]2OC)c(C)c1Cl.[C-]#[N+]c1ccc(N2C(=O)O[C@H](C)[C@@H]2[C@@H](C)O)c(C)c1Cl.[C-]#[N+]c1ccc(N2C(=O)O[C@H](C)[C@@H]2[C@H](C)O)c(C)c1Cl. The van der Waals surface area contributed by atoms with E-state index in [1.807, 2.05) is 20.8 Å². The third-order valence-electron chi connectivity index (χ3n) is 17.3. The molecule has 5 aromatic carbocycles. The van der Waals surface area contributed by atoms with Crippen molar-refractivity contribution in [3.05, 3.63) is 171 Å². The predicted molar refractivity (Wildman–Crippen MR) is 395 cm³/mol. The highest BCUT2D eigenvalue weighted by Gasteiger charge is 2.48. The molecule has 5 aromatic rings. The van der Waals surface area contributed by atoms with Crippen molar-refractivity contribution < 1.29 is 72.1 Å². The van der Waals surface area contributed by atoms with Crippen LogP contribution in [0.1, 0.15) is 83.2 Å². The summed E-state index contributed by atoms with van der Waals surface area (Å²) in [5, 5.41) is 30.8. The number of hydrogen-bond acceptors (Lipinski definition) is 15. The van der Waals surface area contributed by atoms with Crippen molar-refractivity contribution >= 4 is 154 Å². The van der Waals surface area contributed by atoms with Gasteiger partial charge in [-0.2, -0.15) is 0 Å². The van der Waals surface area contributed by atoms with Crippen molar-refractivity contribution in [2.75, 3.05) is 38.2 Å². The van der Waals surface area contributed by atoms with E-state index in [4.69, 9.17) is 124 Å². The summed E-state index contributed by atoms with van der Waals surface area (Å²) in [4.78, 5) is 84.1. The Hall–Kier alpha value is -8.63. The second-order valence-electron chi connectivity index (χ2n) is 25.3. The standard InChI is InChI=1S/C17H23ClN2O3Si.2C14H15ClN2O3.2C13H13ClN2O3/c1-10-14(9-8-13(19-4)15(10)18)20-16(11(2)22-17(20)21)12(3)23-24(5,6)7;2*1-7-11(6-5-10(16-4)12(7)15)17-13(8(2)18)9(3)20-14(17)19;1-7-10(6-5-9(15-3)11(7)14)16-12(18-4)8(2)19-13(16)17;1-7-10(5-4-9(15-3)12(7)14)16-11(6-17)8(2)19-13(16)18/h8-9,11-12,16H,1-3,5-7H3;2*5-6,8-9,13,18H,1-3H3;5-6,8,12H,1-2,4H3;4-5,8,11,17H,6H2,1-2H3/t11-,12?,16-;8-,9+,13-;8-,9-,13+;8-,12+;8-,11+/m10111/s1. The van der Waals surface area contributed by atoms with Crippen LogP contribution in [0, 0.1) is 67.5 Å². The van der Waals surface area contributed by atoms with Crippen molar-refractivity contribution in [3.63, 3.8) is 0 Å². The second-order valence-corrected chi connectivity index (χ2v) is 31.7. The fourth-order valence-electron chi connectivity index (χ4n) is 12.4. The molecule has 5 saturated heterocycles. The van der Waals surface area contributed by atoms with Gasteiger partial charge in [-0.25, -0.2) is 53.1 Å². The molecule has 0 saturated carbocycles. The molecule has 102 heavy (non-hydrogen) atoms. The lowest BCUT2D eigenvalue weighted by molar-refractivity contribution is 0.0392. The number of carbonyl (C=O) groups excluding carboxylic acids is 5. The molecule has 25 nitrogen and oxygen atoms in total. The van der Waals surface area contributed by atoms with E-state index >= 15 is 0 Å². The van der Waals surface area contributed by atoms with Crippen LogP contribution in [-0.2, 0) is 32.8 Å². The van der Waals surface area contributed by atoms with E-state index in [0.29, 0.717) is 110 Å². The van der Waals surface area contributed by atoms with Gasteiger partial charge in [0, 0.05) is 29.9 Å². The quantitative estimate of drug-likeness (QED) is 0.0597. The van der Waals surface area contributed by atoms with Crippen molar-refractivity contribution in [1.29, 1.82) is 0 Å². The highest BCUT2D eigenvalue weighted by Crippen LogP contribution is 2.44. The lowest BCUT2D eigenvalue weighted by atomic mass is 10.0. The van der Waals surface area contributed by atoms with Crippen LogP contribution in [-0.4, -0.2) is 147 Å². The van der Waals surface area contributed by atoms with E-state index in [1.54, 1.807) is 135 Å². The van der Waals surface area contributed by atoms with Crippen LogP contribution in [0.5, 0.6) is 0 Å². The Labute approximate surface area is 619 Å². The topological polar surface area (TPSA) is 249 Å². The van der Waals surface area contributed by atoms with Gasteiger partial charge in [-0.15, -0.1) is 0 Å². The fourth-order valence-corrected chi connectivity index (χ4v) is 14.6. The summed E-state index contributed by atoms with van der Waals surface area (Å²) in [6, 6.07) is 14.7. The molecule has 5 heterocycles. The highest BCUT2D eigenvalue weighted by molar-refractivity contribution is 6.69. The number of halogens is 5. The van der Waals surface area contributed by atoms with Crippen LogP contribution in [0.2, 0.25) is 44.8 Å². The Bertz CT molecular complexity index is 4050. The second kappa shape index (κ2) is 34.6. The number of rotatable bonds is 12. The maximum absolute atomic E-state index is 12.4. The molecule has 13 atom stereocenters. The Morgan fingerprint density at radius 1 is 0.431 bits per heavy atom. The van der Waals surface area contributed by atoms with Gasteiger partial charge in [0.25, 0.3) is 0 Å². The Morgan fingerprint density at radius 2 is 0.676 bits per heavy atom. The number of ether oxygens (including phenoxy) is 6. The Balaban J connectivity index is 0.000000201. The molecule has 0 spiro atoms. The van der Waals surface area contributed by atoms with Gasteiger partial charge in [0.2, 0.25) is 28.4 Å². The first-order chi connectivity index (χ1) is 47.8. The molecule has 3 N–H and O–H groups in total. The minimum atomic E-state index is -1.77. The average molecular weight is 1520 g/mol. The molecule has 542 valence electrons. The molecule has 0 radical (unpaired) electrons. The third kappa shape index (κ3) is 17.4. The molecule has 1 unspecified atom stereocenters. The number of carbonyl (C=O) groups is 5. The van der Waals surface area contributed by atoms with Gasteiger partial charge in [0.15, 0.2) is 14.5 Å². The number of aliphatic hydroxyl groups is 3. The third-order valence-corrected chi connectivity index (χ3v) is 20.8. The molecule has 5 fully saturated rings. The highest BCUT2D eigenvalue weighted by atomic mass is 35.5. The Kier molecular flexibility index (Phi) is 27.9. The molecular formula is C71H79Cl5N10O15Si. The van der Waals surface area contributed by atoms with Crippen LogP contribution in [0.15, 0.2) is 60.7 Å². The van der Waals surface area contributed by atoms with Crippen LogP contribution >= 0.6 is 58.0 Å². The number of benzene rings is 5. The number of aliphatic hydroxyl groups excluding tert-OH is 3. The summed E-state index contributed by atoms with van der Waals surface area (Å²) in [6.45, 7) is 64.2. The van der Waals surface area contributed by atoms with E-state index in [0.717, 1.165) is 0 Å². The average Bonchev–Trinajstić information content (AvgIpc) is 1.62. The monoisotopic (exact) mass is 1510 g/mol. The Morgan fingerprint density at radius 3 is 0.951 bits per heavy atom. The molecule has 10 rings (SSSR count). The van der Waals surface area contributed by atoms with Crippen LogP contribution in [0.25, 0.3) is 24.2 Å². The van der Waals surface area contributed by atoms with E-state index in [-0.39, 0.29) is 31.0 Å². The smallest absolute Gasteiger partial charge is 0.417 e. The van der Waals surface area contributed by atoms with E-state index in [9.17, 15) is 39.3 Å². The van der Waals surface area contributed by atoms with Gasteiger partial charge in [0.05, 0.1) is 88.6 Å². The summed E-state index contributed by atoms with van der Waals surface area (Å²) in [7, 11) is -0.254. The maximum atomic E-state index is 12.4. The number of methoxy groups -OCH3 is 1. The van der Waals surface area contributed by atoms with Gasteiger partial charge in [0.1, 0.15) is 54.7 Å². The fraction of sp³-hybridized carbons (Fsp3) is 0.437. The van der Waals surface area contributed by atoms with Crippen LogP contribution < -0.4 is 24.5 Å². The molecule has 5 aliphatic heterocycles. The normalized spacial score (nSPS) is 22.7. The summed E-state index contributed by atoms with van der Waals surface area (Å²) in [5.74, 6) is 0. The van der Waals surface area contributed by atoms with Gasteiger partial charge >= 0.3 is 30.5 Å². The largest absolute Gasteiger partial charge is 0.444 e. The zero-order chi connectivity index (χ0) is 76.6. The van der Waals surface area contributed by atoms with Gasteiger partial charge in [-0.1, -0.05) is 88.3 Å². The van der Waals surface area contributed by atoms with E-state index in [2.05, 4.69) is 43.9 Å². The molecule has 5 aliphatic rings. The first-order valence-electron chi connectivity index (χ1n) is 31.8. The summed E-state index contributed by atoms with van der Waals surface area (Å²) >= 11 is 30.8. The molecule has 31 heteroatoms. The number of amides is 5. The lowest BCUT2D eigenvalue weighted by Gasteiger charge is -2.33. The molecule has 0 aliphatic carbocycles. The summed E-state index contributed by atoms with van der Waals surface area (Å²) in [6.07, 6.45) is -6.46. The molecular weight excluding hydrogens is 1440 g/mol. The van der Waals surface area contributed by atoms with Crippen molar-refractivity contribution in [2.24, 2.45) is 0 Å². The van der Waals surface area contributed by atoms with Crippen LogP contribution in [0.3, 0.4) is 0 Å². The van der Waals surface area contributed by atoms with Gasteiger partial charge < -0.3 is 48.2 Å². The van der Waals surface area contributed by atoms with Gasteiger partial charge in [-0.05, 0) is 168 Å². The van der Waals surface area contributed by atoms with Crippen molar-refractivity contribution in [3.8, 4) is 0 Å². The minimum Gasteiger partial charge on any atom is -0.444 e. The number of anilines is 5. The summed E-state index contributed by atoms with van der Waals surface area (Å²) < 4.78 is 37.5. The van der Waals surface area contributed by atoms with Gasteiger partial charge in [-0.3, -0.25) is 19.6 Å². The maximum Gasteiger partial charge on any atom is 0.417 e. The zero-order valence-electron chi connectivity index (χ0n) is 59.1. The lowest BCUT2D eigenvalue weighted by Crippen LogP contribution is -2.48. The number of hydrogen-bond donors (Lipinski definition) is 3. The first kappa shape index (κ1) is 82.3. The first-order valence-corrected chi connectivity index (χ1v) is 37.1. The minimum absolute atomic E-state index is 0.170. The molecule has 0 aromatic heterocycles. The van der Waals surface area contributed by atoms with Crippen molar-refractivity contribution in [1.82, 2.24) is 0 Å². The van der Waals surface area contributed by atoms with Crippen LogP contribution in [0.4, 0.5) is 80.8 Å². The molecule has 0 bridgehead atoms. The van der Waals surface area contributed by atoms with E-state index < -0.39 is 93.7 Å². The van der Waals surface area contributed by atoms with E-state index in [1.165, 1.54) is 26.7 Å². The van der Waals surface area contributed by atoms with Crippen molar-refractivity contribution in [2.45, 2.75) is 189 Å². The number of cyclic esters (lactones) is 5. The summed E-state index contributed by atoms with van der Waals surface area (Å²) in [5.41, 5.74) is 7.90. The predicted octanol–water partition coefficient (Wildman–Crippen LogP) is 18.2.